The van der Waals surface area contributed by atoms with E-state index in [1.54, 1.807) is 13.2 Å². The molecule has 4 nitrogen and oxygen atoms in total. The van der Waals surface area contributed by atoms with Gasteiger partial charge in [0.1, 0.15) is 11.6 Å². The van der Waals surface area contributed by atoms with E-state index in [0.717, 1.165) is 41.7 Å². The quantitative estimate of drug-likeness (QED) is 0.711. The van der Waals surface area contributed by atoms with Crippen molar-refractivity contribution >= 4 is 10.8 Å². The molecular weight excluding hydrogens is 355 g/mol. The van der Waals surface area contributed by atoms with Crippen LogP contribution in [0.5, 0.6) is 5.75 Å². The number of pyridine rings is 1. The highest BCUT2D eigenvalue weighted by Crippen LogP contribution is 2.40. The zero-order valence-corrected chi connectivity index (χ0v) is 16.5. The van der Waals surface area contributed by atoms with Crippen molar-refractivity contribution in [3.63, 3.8) is 0 Å². The molecule has 0 amide bonds. The van der Waals surface area contributed by atoms with Gasteiger partial charge in [0.25, 0.3) is 5.56 Å². The van der Waals surface area contributed by atoms with Gasteiger partial charge in [0.2, 0.25) is 0 Å². The van der Waals surface area contributed by atoms with Crippen LogP contribution in [0.25, 0.3) is 10.8 Å². The van der Waals surface area contributed by atoms with Crippen molar-refractivity contribution in [2.75, 3.05) is 14.2 Å². The Morgan fingerprint density at radius 1 is 1.18 bits per heavy atom. The number of aromatic amines is 1. The third-order valence-corrected chi connectivity index (χ3v) is 6.04. The summed E-state index contributed by atoms with van der Waals surface area (Å²) in [6.45, 7) is 2.18. The van der Waals surface area contributed by atoms with Gasteiger partial charge in [-0.25, -0.2) is 4.39 Å². The van der Waals surface area contributed by atoms with Crippen LogP contribution in [0.2, 0.25) is 0 Å². The standard InChI is InChI=1S/C23H25FN2O2/c1-14(15-7-10-17(28-3)11-8-15)26(2)21-6-4-5-20-22(21)18-12-9-16(24)13-19(18)23(27)25-20/h7-14,21H,4-6H2,1-3H3,(H,25,27)/t14-,21-/m1/s1. The molecule has 1 aliphatic carbocycles. The normalized spacial score (nSPS) is 17.5. The molecular formula is C23H25FN2O2. The monoisotopic (exact) mass is 380 g/mol. The van der Waals surface area contributed by atoms with Crippen molar-refractivity contribution < 1.29 is 9.13 Å². The van der Waals surface area contributed by atoms with Crippen molar-refractivity contribution in [1.82, 2.24) is 9.88 Å². The molecule has 146 valence electrons. The fourth-order valence-electron chi connectivity index (χ4n) is 4.36. The SMILES string of the molecule is COc1ccc([C@@H](C)N(C)[C@@H]2CCCc3[nH]c(=O)c4cc(F)ccc4c32)cc1. The highest BCUT2D eigenvalue weighted by molar-refractivity contribution is 5.86. The predicted molar refractivity (Wildman–Crippen MR) is 109 cm³/mol. The predicted octanol–water partition coefficient (Wildman–Crippen LogP) is 4.75. The number of aryl methyl sites for hydroxylation is 1. The van der Waals surface area contributed by atoms with Crippen LogP contribution in [-0.4, -0.2) is 24.0 Å². The van der Waals surface area contributed by atoms with Crippen molar-refractivity contribution in [2.24, 2.45) is 0 Å². The average molecular weight is 380 g/mol. The van der Waals surface area contributed by atoms with Gasteiger partial charge in [-0.3, -0.25) is 9.69 Å². The van der Waals surface area contributed by atoms with Crippen LogP contribution in [0.15, 0.2) is 47.3 Å². The van der Waals surface area contributed by atoms with Crippen LogP contribution in [0.1, 0.15) is 48.7 Å². The lowest BCUT2D eigenvalue weighted by molar-refractivity contribution is 0.168. The Morgan fingerprint density at radius 2 is 1.93 bits per heavy atom. The third-order valence-electron chi connectivity index (χ3n) is 6.04. The summed E-state index contributed by atoms with van der Waals surface area (Å²) in [5, 5.41) is 1.29. The minimum atomic E-state index is -0.384. The summed E-state index contributed by atoms with van der Waals surface area (Å²) in [5.41, 5.74) is 3.10. The van der Waals surface area contributed by atoms with E-state index in [4.69, 9.17) is 4.74 Å². The second kappa shape index (κ2) is 7.40. The molecule has 0 aliphatic heterocycles. The van der Waals surface area contributed by atoms with E-state index in [1.807, 2.05) is 12.1 Å². The van der Waals surface area contributed by atoms with Gasteiger partial charge in [-0.1, -0.05) is 18.2 Å². The molecule has 0 fully saturated rings. The molecule has 5 heteroatoms. The fourth-order valence-corrected chi connectivity index (χ4v) is 4.36. The van der Waals surface area contributed by atoms with E-state index < -0.39 is 0 Å². The zero-order valence-electron chi connectivity index (χ0n) is 16.5. The number of halogens is 1. The maximum absolute atomic E-state index is 13.7. The van der Waals surface area contributed by atoms with E-state index in [2.05, 4.69) is 36.0 Å². The van der Waals surface area contributed by atoms with Gasteiger partial charge in [-0.15, -0.1) is 0 Å². The molecule has 0 saturated carbocycles. The minimum Gasteiger partial charge on any atom is -0.497 e. The van der Waals surface area contributed by atoms with E-state index in [1.165, 1.54) is 17.7 Å². The molecule has 2 atom stereocenters. The molecule has 1 aliphatic rings. The lowest BCUT2D eigenvalue weighted by Crippen LogP contribution is -2.32. The van der Waals surface area contributed by atoms with Gasteiger partial charge in [0.15, 0.2) is 0 Å². The summed E-state index contributed by atoms with van der Waals surface area (Å²) in [6, 6.07) is 13.0. The first kappa shape index (κ1) is 18.7. The van der Waals surface area contributed by atoms with Crippen LogP contribution in [0.4, 0.5) is 4.39 Å². The third kappa shape index (κ3) is 3.20. The van der Waals surface area contributed by atoms with Gasteiger partial charge in [0, 0.05) is 17.8 Å². The molecule has 0 unspecified atom stereocenters. The van der Waals surface area contributed by atoms with E-state index in [0.29, 0.717) is 5.39 Å². The van der Waals surface area contributed by atoms with Gasteiger partial charge in [-0.05, 0) is 74.0 Å². The van der Waals surface area contributed by atoms with Crippen molar-refractivity contribution in [3.05, 3.63) is 75.5 Å². The highest BCUT2D eigenvalue weighted by atomic mass is 19.1. The largest absolute Gasteiger partial charge is 0.497 e. The molecule has 1 aromatic heterocycles. The van der Waals surface area contributed by atoms with Gasteiger partial charge >= 0.3 is 0 Å². The molecule has 2 aromatic carbocycles. The van der Waals surface area contributed by atoms with Crippen LogP contribution >= 0.6 is 0 Å². The summed E-state index contributed by atoms with van der Waals surface area (Å²) < 4.78 is 19.0. The lowest BCUT2D eigenvalue weighted by Gasteiger charge is -2.37. The van der Waals surface area contributed by atoms with E-state index in [9.17, 15) is 9.18 Å². The number of methoxy groups -OCH3 is 1. The second-order valence-electron chi connectivity index (χ2n) is 7.56. The Kier molecular flexibility index (Phi) is 4.94. The molecule has 3 aromatic rings. The summed E-state index contributed by atoms with van der Waals surface area (Å²) in [4.78, 5) is 17.8. The second-order valence-corrected chi connectivity index (χ2v) is 7.56. The number of H-pyrrole nitrogens is 1. The Hall–Kier alpha value is -2.66. The van der Waals surface area contributed by atoms with Crippen molar-refractivity contribution in [1.29, 1.82) is 0 Å². The van der Waals surface area contributed by atoms with E-state index in [-0.39, 0.29) is 23.5 Å². The zero-order chi connectivity index (χ0) is 19.8. The Bertz CT molecular complexity index is 1060. The fraction of sp³-hybridized carbons (Fsp3) is 0.348. The van der Waals surface area contributed by atoms with Crippen LogP contribution in [-0.2, 0) is 6.42 Å². The van der Waals surface area contributed by atoms with Gasteiger partial charge < -0.3 is 9.72 Å². The number of aromatic nitrogens is 1. The number of ether oxygens (including phenoxy) is 1. The topological polar surface area (TPSA) is 45.3 Å². The number of fused-ring (bicyclic) bond motifs is 3. The van der Waals surface area contributed by atoms with Crippen LogP contribution in [0.3, 0.4) is 0 Å². The number of nitrogens with one attached hydrogen (secondary N) is 1. The lowest BCUT2D eigenvalue weighted by atomic mass is 9.86. The number of nitrogens with zero attached hydrogens (tertiary/aromatic N) is 1. The molecule has 0 saturated heterocycles. The first-order valence-corrected chi connectivity index (χ1v) is 9.69. The van der Waals surface area contributed by atoms with Crippen LogP contribution in [0, 0.1) is 5.82 Å². The molecule has 0 bridgehead atoms. The summed E-state index contributed by atoms with van der Waals surface area (Å²) in [7, 11) is 3.79. The first-order chi connectivity index (χ1) is 13.5. The van der Waals surface area contributed by atoms with Crippen molar-refractivity contribution in [2.45, 2.75) is 38.3 Å². The molecule has 4 rings (SSSR count). The number of rotatable bonds is 4. The maximum Gasteiger partial charge on any atom is 0.256 e. The molecule has 28 heavy (non-hydrogen) atoms. The summed E-state index contributed by atoms with van der Waals surface area (Å²) in [5.74, 6) is 0.456. The maximum atomic E-state index is 13.7. The van der Waals surface area contributed by atoms with Crippen molar-refractivity contribution in [3.8, 4) is 5.75 Å². The Morgan fingerprint density at radius 3 is 2.64 bits per heavy atom. The smallest absolute Gasteiger partial charge is 0.256 e. The summed E-state index contributed by atoms with van der Waals surface area (Å²) >= 11 is 0. The highest BCUT2D eigenvalue weighted by Gasteiger charge is 2.30. The minimum absolute atomic E-state index is 0.158. The Labute approximate surface area is 164 Å². The molecule has 0 radical (unpaired) electrons. The van der Waals surface area contributed by atoms with Gasteiger partial charge in [-0.2, -0.15) is 0 Å². The van der Waals surface area contributed by atoms with E-state index >= 15 is 0 Å². The molecule has 1 heterocycles. The van der Waals surface area contributed by atoms with Crippen LogP contribution < -0.4 is 10.3 Å². The molecule has 0 spiro atoms. The number of hydrogen-bond acceptors (Lipinski definition) is 3. The van der Waals surface area contributed by atoms with Gasteiger partial charge in [0.05, 0.1) is 12.5 Å². The molecule has 1 N–H and O–H groups in total. The Balaban J connectivity index is 1.76. The number of hydrogen-bond donors (Lipinski definition) is 1. The average Bonchev–Trinajstić information content (AvgIpc) is 2.72. The first-order valence-electron chi connectivity index (χ1n) is 9.69. The summed E-state index contributed by atoms with van der Waals surface area (Å²) in [6.07, 6.45) is 2.86. The number of benzene rings is 2.